The first-order chi connectivity index (χ1) is 12.4. The third kappa shape index (κ3) is 2.10. The maximum absolute atomic E-state index is 6.16. The Hall–Kier alpha value is -3.32. The molecule has 1 fully saturated rings. The molecule has 25 heavy (non-hydrogen) atoms. The molecule has 2 unspecified atom stereocenters. The summed E-state index contributed by atoms with van der Waals surface area (Å²) in [6, 6.07) is 0. The number of hydrogen-bond donors (Lipinski definition) is 2. The molecular weight excluding hydrogens is 336 g/mol. The van der Waals surface area contributed by atoms with Crippen LogP contribution < -0.4 is 10.6 Å². The Balaban J connectivity index is 1.64. The molecule has 3 aromatic heterocycles. The molecule has 3 aromatic rings. The minimum absolute atomic E-state index is 0.182. The first kappa shape index (κ1) is 14.1. The normalized spacial score (nSPS) is 26.0. The SMILES string of the molecule is c1nc(C2(C3NCCO3)NC(c3nnco3)=C(c3cnon3)O2)no1. The highest BCUT2D eigenvalue weighted by Gasteiger charge is 2.55. The third-order valence-electron chi connectivity index (χ3n) is 3.75. The van der Waals surface area contributed by atoms with Gasteiger partial charge in [-0.15, -0.1) is 10.2 Å². The number of ether oxygens (including phenoxy) is 2. The smallest absolute Gasteiger partial charge is 0.284 e. The highest BCUT2D eigenvalue weighted by Crippen LogP contribution is 2.42. The van der Waals surface area contributed by atoms with Gasteiger partial charge in [0, 0.05) is 6.54 Å². The van der Waals surface area contributed by atoms with Crippen LogP contribution in [0.3, 0.4) is 0 Å². The maximum atomic E-state index is 6.16. The standard InChI is InChI=1S/C12H10N8O5/c1-2-21-11(13-1)12(10-14-4-23-20-10)17-7(9-18-15-5-22-9)8(24-12)6-3-16-25-19-6/h3-5,11,13,17H,1-2H2. The lowest BCUT2D eigenvalue weighted by atomic mass is 10.1. The maximum Gasteiger partial charge on any atom is 0.284 e. The Morgan fingerprint density at radius 2 is 2.24 bits per heavy atom. The fourth-order valence-electron chi connectivity index (χ4n) is 2.72. The molecule has 0 radical (unpaired) electrons. The van der Waals surface area contributed by atoms with E-state index >= 15 is 0 Å². The van der Waals surface area contributed by atoms with Gasteiger partial charge in [-0.3, -0.25) is 5.32 Å². The number of nitrogens with zero attached hydrogens (tertiary/aromatic N) is 6. The van der Waals surface area contributed by atoms with Crippen LogP contribution in [0.2, 0.25) is 0 Å². The average Bonchev–Trinajstić information content (AvgIpc) is 3.49. The van der Waals surface area contributed by atoms with Gasteiger partial charge in [0.2, 0.25) is 18.6 Å². The zero-order valence-electron chi connectivity index (χ0n) is 12.4. The third-order valence-corrected chi connectivity index (χ3v) is 3.75. The summed E-state index contributed by atoms with van der Waals surface area (Å²) < 4.78 is 26.7. The molecule has 0 saturated carbocycles. The second-order valence-corrected chi connectivity index (χ2v) is 5.16. The molecule has 0 amide bonds. The van der Waals surface area contributed by atoms with Gasteiger partial charge < -0.3 is 23.7 Å². The molecule has 2 aliphatic rings. The van der Waals surface area contributed by atoms with Crippen molar-refractivity contribution in [2.75, 3.05) is 13.2 Å². The van der Waals surface area contributed by atoms with Gasteiger partial charge in [0.1, 0.15) is 11.9 Å². The summed E-state index contributed by atoms with van der Waals surface area (Å²) in [7, 11) is 0. The molecule has 13 heteroatoms. The second kappa shape index (κ2) is 5.35. The highest BCUT2D eigenvalue weighted by molar-refractivity contribution is 5.85. The summed E-state index contributed by atoms with van der Waals surface area (Å²) in [6.07, 6.45) is 3.17. The van der Waals surface area contributed by atoms with E-state index in [2.05, 4.69) is 45.9 Å². The van der Waals surface area contributed by atoms with Crippen molar-refractivity contribution in [2.45, 2.75) is 12.0 Å². The summed E-state index contributed by atoms with van der Waals surface area (Å²) in [5.41, 5.74) is -0.638. The van der Waals surface area contributed by atoms with Gasteiger partial charge in [0.25, 0.3) is 11.6 Å². The van der Waals surface area contributed by atoms with E-state index in [0.29, 0.717) is 24.5 Å². The molecule has 0 bridgehead atoms. The predicted octanol–water partition coefficient (Wildman–Crippen LogP) is -0.920. The van der Waals surface area contributed by atoms with Gasteiger partial charge in [-0.2, -0.15) is 4.98 Å². The molecule has 128 valence electrons. The van der Waals surface area contributed by atoms with Gasteiger partial charge in [0.15, 0.2) is 17.7 Å². The lowest BCUT2D eigenvalue weighted by Crippen LogP contribution is -2.54. The van der Waals surface area contributed by atoms with Crippen LogP contribution in [-0.4, -0.2) is 50.0 Å². The van der Waals surface area contributed by atoms with E-state index < -0.39 is 12.0 Å². The van der Waals surface area contributed by atoms with Crippen molar-refractivity contribution >= 4 is 11.5 Å². The Morgan fingerprint density at radius 1 is 1.24 bits per heavy atom. The number of rotatable bonds is 4. The summed E-state index contributed by atoms with van der Waals surface area (Å²) in [6.45, 7) is 1.12. The molecule has 0 aliphatic carbocycles. The van der Waals surface area contributed by atoms with E-state index in [4.69, 9.17) is 18.4 Å². The summed E-state index contributed by atoms with van der Waals surface area (Å²) in [5.74, 6) is 0.671. The molecule has 5 heterocycles. The Kier molecular flexibility index (Phi) is 3.01. The molecule has 5 rings (SSSR count). The predicted molar refractivity (Wildman–Crippen MR) is 73.3 cm³/mol. The van der Waals surface area contributed by atoms with Crippen molar-refractivity contribution in [1.82, 2.24) is 41.3 Å². The second-order valence-electron chi connectivity index (χ2n) is 5.16. The van der Waals surface area contributed by atoms with Gasteiger partial charge in [-0.1, -0.05) is 10.3 Å². The number of hydrogen-bond acceptors (Lipinski definition) is 13. The van der Waals surface area contributed by atoms with E-state index in [1.54, 1.807) is 0 Å². The lowest BCUT2D eigenvalue weighted by Gasteiger charge is -2.31. The minimum atomic E-state index is -1.33. The van der Waals surface area contributed by atoms with E-state index in [9.17, 15) is 0 Å². The van der Waals surface area contributed by atoms with Crippen molar-refractivity contribution < 1.29 is 23.0 Å². The van der Waals surface area contributed by atoms with Crippen LogP contribution >= 0.6 is 0 Å². The van der Waals surface area contributed by atoms with Crippen LogP contribution in [-0.2, 0) is 15.2 Å². The van der Waals surface area contributed by atoms with Crippen molar-refractivity contribution in [2.24, 2.45) is 0 Å². The van der Waals surface area contributed by atoms with Gasteiger partial charge >= 0.3 is 0 Å². The van der Waals surface area contributed by atoms with Crippen LogP contribution in [0, 0.1) is 0 Å². The zero-order chi connectivity index (χ0) is 16.7. The summed E-state index contributed by atoms with van der Waals surface area (Å²) in [4.78, 5) is 4.11. The molecule has 1 saturated heterocycles. The fraction of sp³-hybridized carbons (Fsp3) is 0.333. The Morgan fingerprint density at radius 3 is 2.92 bits per heavy atom. The largest absolute Gasteiger partial charge is 0.451 e. The van der Waals surface area contributed by atoms with Crippen LogP contribution in [0.4, 0.5) is 0 Å². The Labute approximate surface area is 138 Å². The lowest BCUT2D eigenvalue weighted by molar-refractivity contribution is -0.105. The van der Waals surface area contributed by atoms with Gasteiger partial charge in [0.05, 0.1) is 6.61 Å². The molecule has 0 spiro atoms. The minimum Gasteiger partial charge on any atom is -0.451 e. The highest BCUT2D eigenvalue weighted by atomic mass is 16.6. The number of nitrogens with one attached hydrogen (secondary N) is 2. The monoisotopic (exact) mass is 346 g/mol. The van der Waals surface area contributed by atoms with Crippen molar-refractivity contribution in [3.63, 3.8) is 0 Å². The fourth-order valence-corrected chi connectivity index (χ4v) is 2.72. The van der Waals surface area contributed by atoms with Crippen LogP contribution in [0.15, 0.2) is 32.6 Å². The van der Waals surface area contributed by atoms with E-state index in [1.165, 1.54) is 19.0 Å². The van der Waals surface area contributed by atoms with Crippen LogP contribution in [0.5, 0.6) is 0 Å². The molecule has 0 aromatic carbocycles. The first-order valence-electron chi connectivity index (χ1n) is 7.24. The van der Waals surface area contributed by atoms with Crippen LogP contribution in [0.1, 0.15) is 17.4 Å². The first-order valence-corrected chi connectivity index (χ1v) is 7.24. The van der Waals surface area contributed by atoms with E-state index in [1.807, 2.05) is 0 Å². The molecule has 2 N–H and O–H groups in total. The van der Waals surface area contributed by atoms with Gasteiger partial charge in [-0.05, 0) is 5.16 Å². The molecule has 2 aliphatic heterocycles. The average molecular weight is 346 g/mol. The van der Waals surface area contributed by atoms with Crippen molar-refractivity contribution in [3.8, 4) is 0 Å². The molecule has 13 nitrogen and oxygen atoms in total. The summed E-state index contributed by atoms with van der Waals surface area (Å²) >= 11 is 0. The molecule has 2 atom stereocenters. The van der Waals surface area contributed by atoms with Crippen molar-refractivity contribution in [3.05, 3.63) is 36.4 Å². The van der Waals surface area contributed by atoms with E-state index in [-0.39, 0.29) is 17.5 Å². The topological polar surface area (TPSA) is 159 Å². The molecular formula is C12H10N8O5. The quantitative estimate of drug-likeness (QED) is 0.597. The zero-order valence-corrected chi connectivity index (χ0v) is 12.4. The number of aromatic nitrogens is 6. The van der Waals surface area contributed by atoms with Gasteiger partial charge in [-0.25, -0.2) is 4.63 Å². The summed E-state index contributed by atoms with van der Waals surface area (Å²) in [5, 5.41) is 25.2. The Bertz CT molecular complexity index is 823. The van der Waals surface area contributed by atoms with E-state index in [0.717, 1.165) is 0 Å². The van der Waals surface area contributed by atoms with Crippen molar-refractivity contribution in [1.29, 1.82) is 0 Å². The van der Waals surface area contributed by atoms with Crippen LogP contribution in [0.25, 0.3) is 11.5 Å².